The summed E-state index contributed by atoms with van der Waals surface area (Å²) >= 11 is 7.98. The summed E-state index contributed by atoms with van der Waals surface area (Å²) in [5, 5.41) is 5.45. The van der Waals surface area contributed by atoms with Crippen molar-refractivity contribution in [1.29, 1.82) is 0 Å². The van der Waals surface area contributed by atoms with E-state index in [0.29, 0.717) is 0 Å². The van der Waals surface area contributed by atoms with Crippen molar-refractivity contribution in [3.8, 4) is 0 Å². The summed E-state index contributed by atoms with van der Waals surface area (Å²) in [6.07, 6.45) is 0.806. The summed E-state index contributed by atoms with van der Waals surface area (Å²) in [5.41, 5.74) is 2.38. The number of nitrogens with zero attached hydrogens (tertiary/aromatic N) is 1. The third-order valence-corrected chi connectivity index (χ3v) is 4.54. The van der Waals surface area contributed by atoms with Crippen molar-refractivity contribution in [3.05, 3.63) is 50.4 Å². The Morgan fingerprint density at radius 1 is 1.25 bits per heavy atom. The molecule has 2 rings (SSSR count). The largest absolute Gasteiger partial charge is 0.307 e. The molecule has 0 saturated heterocycles. The number of nitrogens with one attached hydrogen (secondary N) is 1. The first-order valence-electron chi connectivity index (χ1n) is 6.79. The Labute approximate surface area is 130 Å². The third kappa shape index (κ3) is 4.30. The Morgan fingerprint density at radius 3 is 2.60 bits per heavy atom. The van der Waals surface area contributed by atoms with Gasteiger partial charge in [-0.25, -0.2) is 4.98 Å². The Balaban J connectivity index is 2.09. The average Bonchev–Trinajstić information content (AvgIpc) is 2.69. The number of hydrogen-bond acceptors (Lipinski definition) is 3. The van der Waals surface area contributed by atoms with Crippen molar-refractivity contribution in [2.75, 3.05) is 0 Å². The summed E-state index contributed by atoms with van der Waals surface area (Å²) in [5.74, 6) is 0. The van der Waals surface area contributed by atoms with Gasteiger partial charge in [-0.1, -0.05) is 29.8 Å². The zero-order valence-electron chi connectivity index (χ0n) is 12.5. The molecule has 0 fully saturated rings. The quantitative estimate of drug-likeness (QED) is 0.894. The van der Waals surface area contributed by atoms with Crippen LogP contribution in [0.25, 0.3) is 0 Å². The molecule has 20 heavy (non-hydrogen) atoms. The van der Waals surface area contributed by atoms with Gasteiger partial charge >= 0.3 is 0 Å². The van der Waals surface area contributed by atoms with Crippen LogP contribution in [-0.2, 0) is 13.0 Å². The zero-order valence-corrected chi connectivity index (χ0v) is 14.0. The molecule has 1 N–H and O–H groups in total. The summed E-state index contributed by atoms with van der Waals surface area (Å²) in [6, 6.07) is 7.97. The molecule has 0 atom stereocenters. The van der Waals surface area contributed by atoms with Crippen LogP contribution in [0.15, 0.2) is 24.3 Å². The highest BCUT2D eigenvalue weighted by Gasteiger charge is 2.13. The highest BCUT2D eigenvalue weighted by molar-refractivity contribution is 7.11. The van der Waals surface area contributed by atoms with E-state index in [1.807, 2.05) is 18.2 Å². The fraction of sp³-hybridized carbons (Fsp3) is 0.438. The number of halogens is 1. The monoisotopic (exact) mass is 308 g/mol. The standard InChI is InChI=1S/C16H21ClN2S/c1-11-14(10-18-16(2,3)4)20-15(19-11)9-12-7-5-6-8-13(12)17/h5-8,18H,9-10H2,1-4H3. The Kier molecular flexibility index (Phi) is 4.84. The molecule has 0 unspecified atom stereocenters. The van der Waals surface area contributed by atoms with Gasteiger partial charge in [0.15, 0.2) is 0 Å². The predicted octanol–water partition coefficient (Wildman–Crippen LogP) is 4.58. The summed E-state index contributed by atoms with van der Waals surface area (Å²) in [4.78, 5) is 5.97. The Morgan fingerprint density at radius 2 is 1.95 bits per heavy atom. The number of hydrogen-bond donors (Lipinski definition) is 1. The predicted molar refractivity (Wildman–Crippen MR) is 87.7 cm³/mol. The van der Waals surface area contributed by atoms with E-state index in [-0.39, 0.29) is 5.54 Å². The van der Waals surface area contributed by atoms with Gasteiger partial charge in [0.25, 0.3) is 0 Å². The normalized spacial score (nSPS) is 11.8. The van der Waals surface area contributed by atoms with Crippen LogP contribution < -0.4 is 5.32 Å². The van der Waals surface area contributed by atoms with Gasteiger partial charge in [-0.3, -0.25) is 0 Å². The highest BCUT2D eigenvalue weighted by atomic mass is 35.5. The Bertz CT molecular complexity index is 584. The van der Waals surface area contributed by atoms with Gasteiger partial charge in [0.1, 0.15) is 0 Å². The molecule has 108 valence electrons. The maximum atomic E-state index is 6.21. The van der Waals surface area contributed by atoms with Crippen molar-refractivity contribution in [2.24, 2.45) is 0 Å². The van der Waals surface area contributed by atoms with E-state index in [1.54, 1.807) is 11.3 Å². The van der Waals surface area contributed by atoms with Crippen LogP contribution in [0.4, 0.5) is 0 Å². The molecular weight excluding hydrogens is 288 g/mol. The molecule has 0 aliphatic rings. The molecule has 0 radical (unpaired) electrons. The van der Waals surface area contributed by atoms with Crippen LogP contribution in [0.2, 0.25) is 5.02 Å². The first-order valence-corrected chi connectivity index (χ1v) is 7.98. The smallest absolute Gasteiger partial charge is 0.0975 e. The van der Waals surface area contributed by atoms with E-state index >= 15 is 0 Å². The Hall–Kier alpha value is -0.900. The molecule has 1 aromatic carbocycles. The lowest BCUT2D eigenvalue weighted by Crippen LogP contribution is -2.34. The minimum atomic E-state index is 0.124. The summed E-state index contributed by atoms with van der Waals surface area (Å²) in [7, 11) is 0. The third-order valence-electron chi connectivity index (χ3n) is 3.02. The molecule has 2 nitrogen and oxygen atoms in total. The molecule has 1 heterocycles. The zero-order chi connectivity index (χ0) is 14.8. The lowest BCUT2D eigenvalue weighted by Gasteiger charge is -2.19. The van der Waals surface area contributed by atoms with Crippen molar-refractivity contribution in [3.63, 3.8) is 0 Å². The lowest BCUT2D eigenvalue weighted by molar-refractivity contribution is 0.425. The summed E-state index contributed by atoms with van der Waals surface area (Å²) < 4.78 is 0. The van der Waals surface area contributed by atoms with Gasteiger partial charge in [0.2, 0.25) is 0 Å². The molecule has 0 bridgehead atoms. The van der Waals surface area contributed by atoms with E-state index < -0.39 is 0 Å². The number of aromatic nitrogens is 1. The maximum absolute atomic E-state index is 6.21. The van der Waals surface area contributed by atoms with Gasteiger partial charge < -0.3 is 5.32 Å². The molecule has 0 saturated carbocycles. The van der Waals surface area contributed by atoms with Crippen LogP contribution in [-0.4, -0.2) is 10.5 Å². The maximum Gasteiger partial charge on any atom is 0.0975 e. The van der Waals surface area contributed by atoms with Gasteiger partial charge in [-0.15, -0.1) is 11.3 Å². The van der Waals surface area contributed by atoms with Crippen molar-refractivity contribution < 1.29 is 0 Å². The van der Waals surface area contributed by atoms with Crippen LogP contribution in [0.5, 0.6) is 0 Å². The van der Waals surface area contributed by atoms with Crippen molar-refractivity contribution in [2.45, 2.75) is 46.2 Å². The van der Waals surface area contributed by atoms with Crippen LogP contribution in [0, 0.1) is 6.92 Å². The van der Waals surface area contributed by atoms with Gasteiger partial charge in [-0.2, -0.15) is 0 Å². The first kappa shape index (κ1) is 15.5. The SMILES string of the molecule is Cc1nc(Cc2ccccc2Cl)sc1CNC(C)(C)C. The van der Waals surface area contributed by atoms with E-state index in [9.17, 15) is 0 Å². The number of benzene rings is 1. The molecule has 4 heteroatoms. The van der Waals surface area contributed by atoms with Gasteiger partial charge in [-0.05, 0) is 39.3 Å². The molecule has 2 aromatic rings. The van der Waals surface area contributed by atoms with E-state index in [1.165, 1.54) is 4.88 Å². The second-order valence-corrected chi connectivity index (χ2v) is 7.56. The van der Waals surface area contributed by atoms with Gasteiger partial charge in [0.05, 0.1) is 10.7 Å². The summed E-state index contributed by atoms with van der Waals surface area (Å²) in [6.45, 7) is 9.47. The fourth-order valence-electron chi connectivity index (χ4n) is 1.88. The molecule has 1 aromatic heterocycles. The van der Waals surface area contributed by atoms with E-state index in [4.69, 9.17) is 11.6 Å². The van der Waals surface area contributed by atoms with Crippen molar-refractivity contribution >= 4 is 22.9 Å². The average molecular weight is 309 g/mol. The number of thiazole rings is 1. The van der Waals surface area contributed by atoms with E-state index in [0.717, 1.165) is 34.3 Å². The minimum Gasteiger partial charge on any atom is -0.307 e. The second kappa shape index (κ2) is 6.25. The molecular formula is C16H21ClN2S. The first-order chi connectivity index (χ1) is 9.35. The fourth-order valence-corrected chi connectivity index (χ4v) is 3.11. The topological polar surface area (TPSA) is 24.9 Å². The van der Waals surface area contributed by atoms with Crippen molar-refractivity contribution in [1.82, 2.24) is 10.3 Å². The van der Waals surface area contributed by atoms with Crippen LogP contribution in [0.1, 0.15) is 41.9 Å². The van der Waals surface area contributed by atoms with E-state index in [2.05, 4.69) is 44.1 Å². The van der Waals surface area contributed by atoms with Gasteiger partial charge in [0, 0.05) is 28.4 Å². The number of rotatable bonds is 4. The molecule has 0 spiro atoms. The molecule has 0 aliphatic carbocycles. The minimum absolute atomic E-state index is 0.124. The molecule has 0 amide bonds. The lowest BCUT2D eigenvalue weighted by atomic mass is 10.1. The van der Waals surface area contributed by atoms with Crippen LogP contribution >= 0.6 is 22.9 Å². The molecule has 0 aliphatic heterocycles. The second-order valence-electron chi connectivity index (χ2n) is 5.99. The number of aryl methyl sites for hydroxylation is 1. The highest BCUT2D eigenvalue weighted by Crippen LogP contribution is 2.24. The van der Waals surface area contributed by atoms with Crippen LogP contribution in [0.3, 0.4) is 0 Å².